The zero-order chi connectivity index (χ0) is 19.4. The fraction of sp³-hybridized carbons (Fsp3) is 0.579. The maximum absolute atomic E-state index is 11.6. The molecule has 0 aliphatic rings. The molecule has 0 radical (unpaired) electrons. The summed E-state index contributed by atoms with van der Waals surface area (Å²) in [6.45, 7) is 6.59. The number of nitrogens with one attached hydrogen (secondary N) is 2. The molecule has 7 nitrogen and oxygen atoms in total. The number of hydrogen-bond donors (Lipinski definition) is 3. The Balaban J connectivity index is 2.03. The molecular formula is C19H31N3O4. The smallest absolute Gasteiger partial charge is 0.407 e. The number of benzene rings is 1. The normalized spacial score (nSPS) is 12.2. The van der Waals surface area contributed by atoms with Gasteiger partial charge in [0.1, 0.15) is 12.2 Å². The van der Waals surface area contributed by atoms with E-state index in [0.29, 0.717) is 13.1 Å². The van der Waals surface area contributed by atoms with Crippen LogP contribution in [0.15, 0.2) is 30.3 Å². The van der Waals surface area contributed by atoms with E-state index in [9.17, 15) is 9.59 Å². The van der Waals surface area contributed by atoms with Crippen LogP contribution in [0.3, 0.4) is 0 Å². The van der Waals surface area contributed by atoms with Gasteiger partial charge in [-0.15, -0.1) is 0 Å². The van der Waals surface area contributed by atoms with Crippen LogP contribution in [-0.4, -0.2) is 36.9 Å². The molecule has 1 aromatic rings. The number of hydrogen-bond acceptors (Lipinski definition) is 5. The lowest BCUT2D eigenvalue weighted by molar-refractivity contribution is 0.0527. The van der Waals surface area contributed by atoms with E-state index in [2.05, 4.69) is 10.6 Å². The van der Waals surface area contributed by atoms with Crippen LogP contribution < -0.4 is 16.4 Å². The standard InChI is InChI=1S/C19H31N3O4/c1-19(2,3)26-18(24)21-12-8-7-11-16(20)13-22-17(23)25-14-15-9-5-4-6-10-15/h4-6,9-10,16H,7-8,11-14,20H2,1-3H3,(H,21,24)(H,22,23)/t16-/m0/s1. The molecule has 4 N–H and O–H groups in total. The third kappa shape index (κ3) is 11.3. The van der Waals surface area contributed by atoms with E-state index in [0.717, 1.165) is 24.8 Å². The molecule has 146 valence electrons. The Morgan fingerprint density at radius 1 is 1.08 bits per heavy atom. The number of rotatable bonds is 9. The topological polar surface area (TPSA) is 103 Å². The first-order chi connectivity index (χ1) is 12.3. The average Bonchev–Trinajstić information content (AvgIpc) is 2.57. The molecule has 0 unspecified atom stereocenters. The summed E-state index contributed by atoms with van der Waals surface area (Å²) in [5, 5.41) is 5.37. The molecule has 0 aliphatic heterocycles. The number of alkyl carbamates (subject to hydrolysis) is 2. The molecule has 0 bridgehead atoms. The van der Waals surface area contributed by atoms with Crippen molar-refractivity contribution >= 4 is 12.2 Å². The van der Waals surface area contributed by atoms with E-state index in [1.54, 1.807) is 0 Å². The van der Waals surface area contributed by atoms with Crippen LogP contribution >= 0.6 is 0 Å². The molecule has 1 atom stereocenters. The van der Waals surface area contributed by atoms with Gasteiger partial charge in [-0.1, -0.05) is 36.8 Å². The van der Waals surface area contributed by atoms with Crippen molar-refractivity contribution in [1.29, 1.82) is 0 Å². The molecular weight excluding hydrogens is 334 g/mol. The predicted octanol–water partition coefficient (Wildman–Crippen LogP) is 2.94. The molecule has 2 amide bonds. The van der Waals surface area contributed by atoms with E-state index in [1.165, 1.54) is 0 Å². The number of ether oxygens (including phenoxy) is 2. The predicted molar refractivity (Wildman–Crippen MR) is 101 cm³/mol. The maximum Gasteiger partial charge on any atom is 0.407 e. The highest BCUT2D eigenvalue weighted by Crippen LogP contribution is 2.06. The van der Waals surface area contributed by atoms with E-state index < -0.39 is 17.8 Å². The van der Waals surface area contributed by atoms with Crippen molar-refractivity contribution in [2.75, 3.05) is 13.1 Å². The Labute approximate surface area is 155 Å². The van der Waals surface area contributed by atoms with Gasteiger partial charge in [-0.05, 0) is 39.2 Å². The van der Waals surface area contributed by atoms with Gasteiger partial charge in [-0.2, -0.15) is 0 Å². The maximum atomic E-state index is 11.6. The van der Waals surface area contributed by atoms with Gasteiger partial charge in [0.2, 0.25) is 0 Å². The minimum atomic E-state index is -0.493. The van der Waals surface area contributed by atoms with Crippen molar-refractivity contribution in [3.63, 3.8) is 0 Å². The monoisotopic (exact) mass is 365 g/mol. The second-order valence-corrected chi connectivity index (χ2v) is 7.13. The van der Waals surface area contributed by atoms with Crippen LogP contribution in [0.1, 0.15) is 45.6 Å². The van der Waals surface area contributed by atoms with Crippen molar-refractivity contribution in [3.8, 4) is 0 Å². The van der Waals surface area contributed by atoms with Crippen LogP contribution in [0.25, 0.3) is 0 Å². The molecule has 0 fully saturated rings. The molecule has 7 heteroatoms. The Hall–Kier alpha value is -2.28. The second-order valence-electron chi connectivity index (χ2n) is 7.13. The zero-order valence-corrected chi connectivity index (χ0v) is 15.9. The first-order valence-electron chi connectivity index (χ1n) is 8.93. The number of nitrogens with two attached hydrogens (primary N) is 1. The van der Waals surface area contributed by atoms with Crippen molar-refractivity contribution in [1.82, 2.24) is 10.6 Å². The lowest BCUT2D eigenvalue weighted by Crippen LogP contribution is -2.37. The van der Waals surface area contributed by atoms with Crippen molar-refractivity contribution in [3.05, 3.63) is 35.9 Å². The van der Waals surface area contributed by atoms with Crippen LogP contribution in [0.4, 0.5) is 9.59 Å². The minimum Gasteiger partial charge on any atom is -0.445 e. The van der Waals surface area contributed by atoms with Crippen LogP contribution in [0.5, 0.6) is 0 Å². The number of carbonyl (C=O) groups excluding carboxylic acids is 2. The first kappa shape index (κ1) is 21.8. The molecule has 0 spiro atoms. The van der Waals surface area contributed by atoms with Crippen molar-refractivity contribution < 1.29 is 19.1 Å². The Bertz CT molecular complexity index is 543. The highest BCUT2D eigenvalue weighted by molar-refractivity contribution is 5.67. The Morgan fingerprint density at radius 2 is 1.77 bits per heavy atom. The van der Waals surface area contributed by atoms with E-state index >= 15 is 0 Å². The number of amides is 2. The lowest BCUT2D eigenvalue weighted by atomic mass is 10.1. The second kappa shape index (κ2) is 11.4. The molecule has 0 aromatic heterocycles. The quantitative estimate of drug-likeness (QED) is 0.584. The lowest BCUT2D eigenvalue weighted by Gasteiger charge is -2.19. The largest absolute Gasteiger partial charge is 0.445 e. The summed E-state index contributed by atoms with van der Waals surface area (Å²) >= 11 is 0. The zero-order valence-electron chi connectivity index (χ0n) is 15.9. The van der Waals surface area contributed by atoms with Crippen molar-refractivity contribution in [2.45, 2.75) is 58.3 Å². The summed E-state index contributed by atoms with van der Waals surface area (Å²) in [5.41, 5.74) is 6.41. The van der Waals surface area contributed by atoms with E-state index in [4.69, 9.17) is 15.2 Å². The van der Waals surface area contributed by atoms with Gasteiger partial charge in [0.25, 0.3) is 0 Å². The molecule has 0 saturated heterocycles. The summed E-state index contributed by atoms with van der Waals surface area (Å²) < 4.78 is 10.3. The van der Waals surface area contributed by atoms with Crippen LogP contribution in [0, 0.1) is 0 Å². The highest BCUT2D eigenvalue weighted by atomic mass is 16.6. The van der Waals surface area contributed by atoms with Gasteiger partial charge in [0, 0.05) is 19.1 Å². The first-order valence-corrected chi connectivity index (χ1v) is 8.93. The highest BCUT2D eigenvalue weighted by Gasteiger charge is 2.15. The molecule has 0 heterocycles. The van der Waals surface area contributed by atoms with E-state index in [-0.39, 0.29) is 12.6 Å². The summed E-state index contributed by atoms with van der Waals surface area (Å²) in [4.78, 5) is 23.1. The summed E-state index contributed by atoms with van der Waals surface area (Å²) in [6.07, 6.45) is 1.50. The summed E-state index contributed by atoms with van der Waals surface area (Å²) in [7, 11) is 0. The summed E-state index contributed by atoms with van der Waals surface area (Å²) in [5.74, 6) is 0. The SMILES string of the molecule is CC(C)(C)OC(=O)NCCCC[C@H](N)CNC(=O)OCc1ccccc1. The van der Waals surface area contributed by atoms with Gasteiger partial charge in [0.15, 0.2) is 0 Å². The number of unbranched alkanes of at least 4 members (excludes halogenated alkanes) is 1. The van der Waals surface area contributed by atoms with Gasteiger partial charge >= 0.3 is 12.2 Å². The molecule has 0 saturated carbocycles. The van der Waals surface area contributed by atoms with Crippen LogP contribution in [0.2, 0.25) is 0 Å². The third-order valence-corrected chi connectivity index (χ3v) is 3.39. The average molecular weight is 365 g/mol. The van der Waals surface area contributed by atoms with E-state index in [1.807, 2.05) is 51.1 Å². The fourth-order valence-electron chi connectivity index (χ4n) is 2.13. The van der Waals surface area contributed by atoms with Gasteiger partial charge < -0.3 is 25.8 Å². The molecule has 1 rings (SSSR count). The Kier molecular flexibility index (Phi) is 9.51. The number of carbonyl (C=O) groups is 2. The molecule has 1 aromatic carbocycles. The fourth-order valence-corrected chi connectivity index (χ4v) is 2.13. The minimum absolute atomic E-state index is 0.152. The molecule has 0 aliphatic carbocycles. The summed E-state index contributed by atoms with van der Waals surface area (Å²) in [6, 6.07) is 9.33. The van der Waals surface area contributed by atoms with Gasteiger partial charge in [-0.3, -0.25) is 0 Å². The Morgan fingerprint density at radius 3 is 2.42 bits per heavy atom. The third-order valence-electron chi connectivity index (χ3n) is 3.39. The van der Waals surface area contributed by atoms with Gasteiger partial charge in [-0.25, -0.2) is 9.59 Å². The molecule has 26 heavy (non-hydrogen) atoms. The van der Waals surface area contributed by atoms with Crippen LogP contribution in [-0.2, 0) is 16.1 Å². The van der Waals surface area contributed by atoms with Gasteiger partial charge in [0.05, 0.1) is 0 Å². The van der Waals surface area contributed by atoms with Crippen molar-refractivity contribution in [2.24, 2.45) is 5.73 Å².